The molecule has 0 aliphatic heterocycles. The normalized spacial score (nSPS) is 10.9. The minimum atomic E-state index is 0.227. The molecule has 0 N–H and O–H groups in total. The second-order valence-corrected chi connectivity index (χ2v) is 28.9. The third-order valence-electron chi connectivity index (χ3n) is 18.8. The van der Waals surface area contributed by atoms with E-state index in [1.807, 2.05) is 0 Å². The van der Waals surface area contributed by atoms with E-state index in [9.17, 15) is 0 Å². The van der Waals surface area contributed by atoms with Gasteiger partial charge >= 0.3 is 0 Å². The SMILES string of the molecule is Cc1ccc(-c2cc(-c3ccccc3)cc(-c3ccccc3)c2)cc1.Cc1ccc(-c2ccc(-c3ccccc3)c(-c3ccccc3)c2)cc1.Cc1ccc(-c2ccc(C(C)(C)C)cc2)cc1.Cc1ccc(-c2ccccc2)cc1-c1ccccc1.Cc1cccc(-c2ccc(C(C)(C)C)cc2)c1. The molecular weight excluding hydrogens is 1240 g/mol. The molecule has 15 aromatic carbocycles. The minimum absolute atomic E-state index is 0.227. The highest BCUT2D eigenvalue weighted by Crippen LogP contribution is 2.38. The summed E-state index contributed by atoms with van der Waals surface area (Å²) >= 11 is 0. The number of hydrogen-bond donors (Lipinski definition) is 0. The molecular formula is C103H96. The lowest BCUT2D eigenvalue weighted by molar-refractivity contribution is 0.590. The fourth-order valence-electron chi connectivity index (χ4n) is 12.6. The Hall–Kier alpha value is -11.7. The third-order valence-corrected chi connectivity index (χ3v) is 18.8. The molecule has 0 heterocycles. The molecule has 508 valence electrons. The van der Waals surface area contributed by atoms with Crippen molar-refractivity contribution in [1.29, 1.82) is 0 Å². The Morgan fingerprint density at radius 3 is 0.738 bits per heavy atom. The van der Waals surface area contributed by atoms with Gasteiger partial charge in [-0.05, 0) is 204 Å². The molecule has 0 radical (unpaired) electrons. The lowest BCUT2D eigenvalue weighted by atomic mass is 9.86. The van der Waals surface area contributed by atoms with E-state index < -0.39 is 0 Å². The van der Waals surface area contributed by atoms with Crippen LogP contribution in [-0.4, -0.2) is 0 Å². The van der Waals surface area contributed by atoms with Crippen LogP contribution in [-0.2, 0) is 10.8 Å². The third kappa shape index (κ3) is 20.3. The van der Waals surface area contributed by atoms with Crippen molar-refractivity contribution in [1.82, 2.24) is 0 Å². The average molecular weight is 1330 g/mol. The highest BCUT2D eigenvalue weighted by atomic mass is 14.2. The smallest absolute Gasteiger partial charge is 0.00992 e. The van der Waals surface area contributed by atoms with Gasteiger partial charge in [-0.2, -0.15) is 0 Å². The Balaban J connectivity index is 0.000000131. The fraction of sp³-hybridized carbons (Fsp3) is 0.126. The van der Waals surface area contributed by atoms with Crippen LogP contribution < -0.4 is 0 Å². The Kier molecular flexibility index (Phi) is 24.4. The van der Waals surface area contributed by atoms with Crippen LogP contribution in [0.15, 0.2) is 382 Å². The first-order valence-electron chi connectivity index (χ1n) is 36.1. The highest BCUT2D eigenvalue weighted by molar-refractivity contribution is 5.88. The van der Waals surface area contributed by atoms with Crippen molar-refractivity contribution in [3.63, 3.8) is 0 Å². The van der Waals surface area contributed by atoms with Crippen LogP contribution in [0.2, 0.25) is 0 Å². The van der Waals surface area contributed by atoms with Gasteiger partial charge in [-0.25, -0.2) is 0 Å². The van der Waals surface area contributed by atoms with Gasteiger partial charge in [0.2, 0.25) is 0 Å². The summed E-state index contributed by atoms with van der Waals surface area (Å²) in [5, 5.41) is 0. The first-order chi connectivity index (χ1) is 49.9. The number of benzene rings is 15. The topological polar surface area (TPSA) is 0 Å². The quantitative estimate of drug-likeness (QED) is 0.128. The van der Waals surface area contributed by atoms with Crippen molar-refractivity contribution in [3.05, 3.63) is 421 Å². The summed E-state index contributed by atoms with van der Waals surface area (Å²) in [4.78, 5) is 0. The molecule has 0 heteroatoms. The molecule has 0 bridgehead atoms. The molecule has 0 spiro atoms. The van der Waals surface area contributed by atoms with Gasteiger partial charge in [0.15, 0.2) is 0 Å². The van der Waals surface area contributed by atoms with Gasteiger partial charge in [-0.15, -0.1) is 0 Å². The number of aryl methyl sites for hydroxylation is 5. The second kappa shape index (κ2) is 34.6. The van der Waals surface area contributed by atoms with Gasteiger partial charge in [0, 0.05) is 0 Å². The van der Waals surface area contributed by atoms with E-state index in [1.165, 1.54) is 150 Å². The molecule has 0 unspecified atom stereocenters. The Labute approximate surface area is 615 Å². The second-order valence-electron chi connectivity index (χ2n) is 28.9. The summed E-state index contributed by atoms with van der Waals surface area (Å²) in [6.07, 6.45) is 0. The number of rotatable bonds is 10. The van der Waals surface area contributed by atoms with Gasteiger partial charge in [-0.1, -0.05) is 416 Å². The van der Waals surface area contributed by atoms with Crippen LogP contribution in [0.25, 0.3) is 111 Å². The van der Waals surface area contributed by atoms with Crippen molar-refractivity contribution < 1.29 is 0 Å². The van der Waals surface area contributed by atoms with Crippen molar-refractivity contribution >= 4 is 0 Å². The molecule has 0 aliphatic rings. The molecule has 0 amide bonds. The van der Waals surface area contributed by atoms with E-state index in [4.69, 9.17) is 0 Å². The monoisotopic (exact) mass is 1330 g/mol. The molecule has 103 heavy (non-hydrogen) atoms. The maximum atomic E-state index is 2.31. The molecule has 0 aliphatic carbocycles. The predicted octanol–water partition coefficient (Wildman–Crippen LogP) is 29.2. The Morgan fingerprint density at radius 2 is 0.388 bits per heavy atom. The molecule has 0 atom stereocenters. The van der Waals surface area contributed by atoms with Gasteiger partial charge in [0.05, 0.1) is 0 Å². The summed E-state index contributed by atoms with van der Waals surface area (Å²) < 4.78 is 0. The fourth-order valence-corrected chi connectivity index (χ4v) is 12.6. The zero-order chi connectivity index (χ0) is 72.1. The zero-order valence-corrected chi connectivity index (χ0v) is 61.9. The predicted molar refractivity (Wildman–Crippen MR) is 448 cm³/mol. The van der Waals surface area contributed by atoms with Crippen LogP contribution >= 0.6 is 0 Å². The first-order valence-corrected chi connectivity index (χ1v) is 36.1. The first kappa shape index (κ1) is 72.5. The summed E-state index contributed by atoms with van der Waals surface area (Å²) in [5.74, 6) is 0. The van der Waals surface area contributed by atoms with E-state index in [1.54, 1.807) is 0 Å². The van der Waals surface area contributed by atoms with Gasteiger partial charge in [0.25, 0.3) is 0 Å². The molecule has 0 saturated carbocycles. The van der Waals surface area contributed by atoms with E-state index in [0.717, 1.165) is 0 Å². The molecule has 0 fully saturated rings. The van der Waals surface area contributed by atoms with Crippen molar-refractivity contribution in [2.75, 3.05) is 0 Å². The van der Waals surface area contributed by atoms with Gasteiger partial charge in [0.1, 0.15) is 0 Å². The van der Waals surface area contributed by atoms with Crippen LogP contribution in [0.4, 0.5) is 0 Å². The standard InChI is InChI=1S/2C25H20.C19H16.2C17H20/c1-19-12-14-22(15-13-19)25-17-23(20-8-4-2-5-9-20)16-24(18-25)21-10-6-3-7-11-21;1-19-12-14-20(15-13-19)23-16-17-24(21-8-4-2-5-9-21)25(18-23)22-10-6-3-7-11-22;1-15-12-13-18(16-8-4-2-5-9-16)14-19(15)17-10-6-3-7-11-17;1-13-5-7-14(8-6-13)15-9-11-16(12-10-15)17(2,3)4;1-13-6-5-7-15(12-13)14-8-10-16(11-9-14)17(2,3)4/h2*2-18H,1H3;2-14H,1H3;2*5-12H,1-4H3. The summed E-state index contributed by atoms with van der Waals surface area (Å²) in [5.41, 5.74) is 35.0. The van der Waals surface area contributed by atoms with E-state index in [2.05, 4.69) is 458 Å². The van der Waals surface area contributed by atoms with Crippen LogP contribution in [0.3, 0.4) is 0 Å². The highest BCUT2D eigenvalue weighted by Gasteiger charge is 2.16. The lowest BCUT2D eigenvalue weighted by Crippen LogP contribution is -2.10. The van der Waals surface area contributed by atoms with Crippen molar-refractivity contribution in [2.45, 2.75) is 87.0 Å². The average Bonchev–Trinajstić information content (AvgIpc) is 0.827. The summed E-state index contributed by atoms with van der Waals surface area (Å²) in [7, 11) is 0. The van der Waals surface area contributed by atoms with Crippen LogP contribution in [0.1, 0.15) is 80.5 Å². The van der Waals surface area contributed by atoms with E-state index in [0.29, 0.717) is 0 Å². The summed E-state index contributed by atoms with van der Waals surface area (Å²) in [6.45, 7) is 24.1. The molecule has 0 aromatic heterocycles. The van der Waals surface area contributed by atoms with Crippen molar-refractivity contribution in [3.8, 4) is 111 Å². The summed E-state index contributed by atoms with van der Waals surface area (Å²) in [6, 6.07) is 136. The Bertz CT molecular complexity index is 5020. The van der Waals surface area contributed by atoms with E-state index in [-0.39, 0.29) is 10.8 Å². The Morgan fingerprint density at radius 1 is 0.146 bits per heavy atom. The molecule has 0 saturated heterocycles. The van der Waals surface area contributed by atoms with Crippen LogP contribution in [0, 0.1) is 34.6 Å². The number of hydrogen-bond acceptors (Lipinski definition) is 0. The molecule has 0 nitrogen and oxygen atoms in total. The zero-order valence-electron chi connectivity index (χ0n) is 61.9. The largest absolute Gasteiger partial charge is 0.0622 e. The molecule has 15 rings (SSSR count). The van der Waals surface area contributed by atoms with Crippen LogP contribution in [0.5, 0.6) is 0 Å². The minimum Gasteiger partial charge on any atom is -0.0622 e. The van der Waals surface area contributed by atoms with Gasteiger partial charge < -0.3 is 0 Å². The molecule has 15 aromatic rings. The van der Waals surface area contributed by atoms with E-state index >= 15 is 0 Å². The lowest BCUT2D eigenvalue weighted by Gasteiger charge is -2.19. The maximum Gasteiger partial charge on any atom is -0.00992 e. The van der Waals surface area contributed by atoms with Gasteiger partial charge in [-0.3, -0.25) is 0 Å². The maximum absolute atomic E-state index is 2.31. The van der Waals surface area contributed by atoms with Crippen molar-refractivity contribution in [2.24, 2.45) is 0 Å².